The Hall–Kier alpha value is -2.05. The number of likely N-dealkylation sites (tertiary alicyclic amines) is 1. The van der Waals surface area contributed by atoms with Gasteiger partial charge in [0, 0.05) is 25.0 Å². The average molecular weight is 422 g/mol. The first-order chi connectivity index (χ1) is 13.6. The highest BCUT2D eigenvalue weighted by Gasteiger charge is 2.62. The zero-order valence-corrected chi connectivity index (χ0v) is 19.8. The van der Waals surface area contributed by atoms with Crippen LogP contribution in [-0.4, -0.2) is 52.1 Å². The van der Waals surface area contributed by atoms with Crippen molar-refractivity contribution in [2.75, 3.05) is 6.54 Å². The van der Waals surface area contributed by atoms with E-state index in [1.54, 1.807) is 11.0 Å². The Morgan fingerprint density at radius 3 is 2.23 bits per heavy atom. The van der Waals surface area contributed by atoms with Gasteiger partial charge in [-0.1, -0.05) is 6.08 Å². The summed E-state index contributed by atoms with van der Waals surface area (Å²) in [6.45, 7) is 19.2. The fourth-order valence-corrected chi connectivity index (χ4v) is 5.10. The number of hydrogen-bond acceptors (Lipinski definition) is 4. The minimum absolute atomic E-state index is 0.0723. The van der Waals surface area contributed by atoms with Crippen LogP contribution in [0.4, 0.5) is 4.79 Å². The number of nitrogens with zero attached hydrogens (tertiary/aromatic N) is 1. The van der Waals surface area contributed by atoms with E-state index < -0.39 is 16.7 Å². The van der Waals surface area contributed by atoms with Crippen LogP contribution in [0.2, 0.25) is 0 Å². The van der Waals surface area contributed by atoms with Crippen LogP contribution < -0.4 is 10.6 Å². The second kappa shape index (κ2) is 8.23. The molecule has 0 bridgehead atoms. The van der Waals surface area contributed by atoms with Crippen LogP contribution >= 0.6 is 0 Å². The van der Waals surface area contributed by atoms with Crippen LogP contribution in [0.1, 0.15) is 68.2 Å². The van der Waals surface area contributed by atoms with Crippen molar-refractivity contribution >= 4 is 17.9 Å². The summed E-state index contributed by atoms with van der Waals surface area (Å²) in [4.78, 5) is 40.2. The van der Waals surface area contributed by atoms with Crippen LogP contribution in [0, 0.1) is 17.8 Å². The van der Waals surface area contributed by atoms with Gasteiger partial charge in [0.2, 0.25) is 11.8 Å². The zero-order chi connectivity index (χ0) is 23.1. The number of rotatable bonds is 4. The Balaban J connectivity index is 2.38. The lowest BCUT2D eigenvalue weighted by Gasteiger charge is -2.39. The normalized spacial score (nSPS) is 31.1. The summed E-state index contributed by atoms with van der Waals surface area (Å²) in [5.41, 5.74) is -2.01. The smallest absolute Gasteiger partial charge is 0.410 e. The highest BCUT2D eigenvalue weighted by Crippen LogP contribution is 2.52. The number of fused-ring (bicyclic) bond motifs is 1. The second-order valence-electron chi connectivity index (χ2n) is 10.9. The van der Waals surface area contributed by atoms with Gasteiger partial charge in [-0.05, 0) is 79.1 Å². The predicted molar refractivity (Wildman–Crippen MR) is 117 cm³/mol. The maximum absolute atomic E-state index is 13.5. The number of allylic oxidation sites excluding steroid dienone is 1. The number of ether oxygens (including phenoxy) is 1. The number of nitrogens with one attached hydrogen (secondary N) is 2. The molecular formula is C23H39N3O4. The van der Waals surface area contributed by atoms with Crippen molar-refractivity contribution < 1.29 is 19.1 Å². The Morgan fingerprint density at radius 2 is 1.77 bits per heavy atom. The molecule has 0 aromatic heterocycles. The van der Waals surface area contributed by atoms with Gasteiger partial charge in [0.1, 0.15) is 11.1 Å². The molecule has 2 rings (SSSR count). The lowest BCUT2D eigenvalue weighted by molar-refractivity contribution is -0.136. The molecule has 7 heteroatoms. The molecule has 2 fully saturated rings. The SMILES string of the molecule is C=CCC1[C@@H]2CN(C(=O)OC(C)(C)C)[C@H](C)C2CC1(NC(C)=O)C(=O)NC(C)(C)C. The third-order valence-corrected chi connectivity index (χ3v) is 6.12. The van der Waals surface area contributed by atoms with E-state index in [-0.39, 0.29) is 41.7 Å². The molecule has 0 aromatic carbocycles. The van der Waals surface area contributed by atoms with Crippen molar-refractivity contribution in [3.8, 4) is 0 Å². The maximum atomic E-state index is 13.5. The topological polar surface area (TPSA) is 87.7 Å². The molecule has 0 aromatic rings. The van der Waals surface area contributed by atoms with Crippen molar-refractivity contribution in [1.82, 2.24) is 15.5 Å². The number of amides is 3. The van der Waals surface area contributed by atoms with Crippen molar-refractivity contribution in [1.29, 1.82) is 0 Å². The van der Waals surface area contributed by atoms with Crippen LogP contribution in [0.15, 0.2) is 12.7 Å². The van der Waals surface area contributed by atoms with E-state index in [1.165, 1.54) is 6.92 Å². The summed E-state index contributed by atoms with van der Waals surface area (Å²) in [7, 11) is 0. The lowest BCUT2D eigenvalue weighted by atomic mass is 9.79. The first-order valence-corrected chi connectivity index (χ1v) is 10.8. The monoisotopic (exact) mass is 421 g/mol. The summed E-state index contributed by atoms with van der Waals surface area (Å²) in [5.74, 6) is -0.392. The van der Waals surface area contributed by atoms with E-state index in [9.17, 15) is 14.4 Å². The molecule has 1 saturated carbocycles. The van der Waals surface area contributed by atoms with Gasteiger partial charge in [-0.3, -0.25) is 9.59 Å². The molecule has 1 aliphatic heterocycles. The molecule has 0 radical (unpaired) electrons. The summed E-state index contributed by atoms with van der Waals surface area (Å²) < 4.78 is 5.60. The third kappa shape index (κ3) is 4.98. The van der Waals surface area contributed by atoms with Gasteiger partial charge in [0.05, 0.1) is 0 Å². The first-order valence-electron chi connectivity index (χ1n) is 10.8. The van der Waals surface area contributed by atoms with Gasteiger partial charge in [-0.2, -0.15) is 0 Å². The Labute approximate surface area is 181 Å². The van der Waals surface area contributed by atoms with Crippen molar-refractivity contribution in [2.24, 2.45) is 17.8 Å². The minimum atomic E-state index is -1.02. The maximum Gasteiger partial charge on any atom is 0.410 e. The summed E-state index contributed by atoms with van der Waals surface area (Å²) in [6.07, 6.45) is 2.53. The molecule has 7 nitrogen and oxygen atoms in total. The van der Waals surface area contributed by atoms with E-state index in [1.807, 2.05) is 48.5 Å². The van der Waals surface area contributed by atoms with Crippen LogP contribution in [0.5, 0.6) is 0 Å². The van der Waals surface area contributed by atoms with E-state index in [0.29, 0.717) is 19.4 Å². The molecule has 2 N–H and O–H groups in total. The van der Waals surface area contributed by atoms with Crippen molar-refractivity contribution in [3.63, 3.8) is 0 Å². The van der Waals surface area contributed by atoms with Gasteiger partial charge >= 0.3 is 6.09 Å². The first kappa shape index (κ1) is 24.2. The van der Waals surface area contributed by atoms with Crippen molar-refractivity contribution in [3.05, 3.63) is 12.7 Å². The third-order valence-electron chi connectivity index (χ3n) is 6.12. The quantitative estimate of drug-likeness (QED) is 0.682. The number of hydrogen-bond donors (Lipinski definition) is 2. The fourth-order valence-electron chi connectivity index (χ4n) is 5.10. The molecule has 30 heavy (non-hydrogen) atoms. The van der Waals surface area contributed by atoms with Gasteiger partial charge in [0.15, 0.2) is 0 Å². The molecule has 3 unspecified atom stereocenters. The Morgan fingerprint density at radius 1 is 1.17 bits per heavy atom. The van der Waals surface area contributed by atoms with E-state index in [0.717, 1.165) is 0 Å². The van der Waals surface area contributed by atoms with Gasteiger partial charge in [0.25, 0.3) is 0 Å². The summed E-state index contributed by atoms with van der Waals surface area (Å²) in [6, 6.07) is -0.0877. The van der Waals surface area contributed by atoms with Crippen LogP contribution in [0.3, 0.4) is 0 Å². The Bertz CT molecular complexity index is 706. The minimum Gasteiger partial charge on any atom is -0.444 e. The van der Waals surface area contributed by atoms with Crippen LogP contribution in [0.25, 0.3) is 0 Å². The average Bonchev–Trinajstić information content (AvgIpc) is 3.00. The fraction of sp³-hybridized carbons (Fsp3) is 0.783. The molecule has 2 aliphatic rings. The summed E-state index contributed by atoms with van der Waals surface area (Å²) >= 11 is 0. The zero-order valence-electron chi connectivity index (χ0n) is 19.8. The second-order valence-corrected chi connectivity index (χ2v) is 10.9. The van der Waals surface area contributed by atoms with Crippen LogP contribution in [-0.2, 0) is 14.3 Å². The number of carbonyl (C=O) groups is 3. The summed E-state index contributed by atoms with van der Waals surface area (Å²) in [5, 5.41) is 6.08. The molecule has 1 heterocycles. The largest absolute Gasteiger partial charge is 0.444 e. The van der Waals surface area contributed by atoms with E-state index in [4.69, 9.17) is 4.74 Å². The molecule has 5 atom stereocenters. The molecular weight excluding hydrogens is 382 g/mol. The Kier molecular flexibility index (Phi) is 6.65. The number of carbonyl (C=O) groups excluding carboxylic acids is 3. The van der Waals surface area contributed by atoms with Crippen molar-refractivity contribution in [2.45, 2.75) is 91.0 Å². The molecule has 0 spiro atoms. The lowest BCUT2D eigenvalue weighted by Crippen LogP contribution is -2.64. The molecule has 170 valence electrons. The molecule has 3 amide bonds. The standard InChI is InChI=1S/C23H39N3O4/c1-10-11-18-17-13-26(20(29)30-22(7,8)9)14(2)16(17)12-23(18,24-15(3)27)19(28)25-21(4,5)6/h10,14,16-18H,1,11-13H2,2-9H3,(H,24,27)(H,25,28)/t14-,16?,17-,18?,23?/m1/s1. The highest BCUT2D eigenvalue weighted by molar-refractivity contribution is 5.92. The van der Waals surface area contributed by atoms with E-state index in [2.05, 4.69) is 17.2 Å². The molecule has 1 saturated heterocycles. The van der Waals surface area contributed by atoms with Gasteiger partial charge in [-0.25, -0.2) is 4.79 Å². The highest BCUT2D eigenvalue weighted by atomic mass is 16.6. The predicted octanol–water partition coefficient (Wildman–Crippen LogP) is 3.24. The van der Waals surface area contributed by atoms with Gasteiger partial charge in [-0.15, -0.1) is 6.58 Å². The van der Waals surface area contributed by atoms with E-state index >= 15 is 0 Å². The molecule has 1 aliphatic carbocycles. The van der Waals surface area contributed by atoms with Gasteiger partial charge < -0.3 is 20.3 Å².